The molecule has 1 aliphatic rings. The molecular formula is C12H23N3. The molecular weight excluding hydrogens is 186 g/mol. The second-order valence-corrected chi connectivity index (χ2v) is 5.20. The summed E-state index contributed by atoms with van der Waals surface area (Å²) < 4.78 is 0. The lowest BCUT2D eigenvalue weighted by Gasteiger charge is -2.32. The first-order valence-corrected chi connectivity index (χ1v) is 5.90. The molecule has 0 saturated carbocycles. The van der Waals surface area contributed by atoms with E-state index in [1.54, 1.807) is 0 Å². The Bertz CT molecular complexity index is 244. The van der Waals surface area contributed by atoms with E-state index in [0.717, 1.165) is 13.1 Å². The fourth-order valence-electron chi connectivity index (χ4n) is 2.38. The summed E-state index contributed by atoms with van der Waals surface area (Å²) in [6, 6.07) is 3.39. The molecule has 1 fully saturated rings. The normalized spacial score (nSPS) is 26.5. The largest absolute Gasteiger partial charge is 0.298 e. The van der Waals surface area contributed by atoms with E-state index in [4.69, 9.17) is 0 Å². The van der Waals surface area contributed by atoms with Gasteiger partial charge in [0.25, 0.3) is 0 Å². The molecule has 0 aliphatic carbocycles. The maximum absolute atomic E-state index is 9.24. The summed E-state index contributed by atoms with van der Waals surface area (Å²) in [7, 11) is 0. The van der Waals surface area contributed by atoms with Crippen LogP contribution < -0.4 is 5.32 Å². The highest BCUT2D eigenvalue weighted by atomic mass is 15.2. The molecule has 0 spiro atoms. The van der Waals surface area contributed by atoms with Gasteiger partial charge in [-0.3, -0.25) is 10.2 Å². The number of likely N-dealkylation sites (tertiary alicyclic amines) is 1. The molecule has 1 heterocycles. The van der Waals surface area contributed by atoms with E-state index >= 15 is 0 Å². The molecule has 1 saturated heterocycles. The minimum atomic E-state index is -0.410. The molecule has 15 heavy (non-hydrogen) atoms. The van der Waals surface area contributed by atoms with Crippen LogP contribution in [0, 0.1) is 11.3 Å². The number of hydrogen-bond donors (Lipinski definition) is 1. The fraction of sp³-hybridized carbons (Fsp3) is 0.917. The Hall–Kier alpha value is -0.590. The second kappa shape index (κ2) is 4.96. The van der Waals surface area contributed by atoms with Crippen molar-refractivity contribution in [3.8, 4) is 6.07 Å². The van der Waals surface area contributed by atoms with Crippen LogP contribution in [0.4, 0.5) is 0 Å². The van der Waals surface area contributed by atoms with E-state index in [-0.39, 0.29) is 0 Å². The third-order valence-corrected chi connectivity index (χ3v) is 3.06. The van der Waals surface area contributed by atoms with Crippen molar-refractivity contribution in [3.05, 3.63) is 0 Å². The van der Waals surface area contributed by atoms with Crippen LogP contribution in [-0.2, 0) is 0 Å². The molecule has 0 bridgehead atoms. The first-order chi connectivity index (χ1) is 6.97. The molecule has 1 rings (SSSR count). The third kappa shape index (κ3) is 3.48. The smallest absolute Gasteiger partial charge is 0.116 e. The van der Waals surface area contributed by atoms with Gasteiger partial charge in [0.1, 0.15) is 5.54 Å². The monoisotopic (exact) mass is 209 g/mol. The van der Waals surface area contributed by atoms with Crippen LogP contribution in [0.25, 0.3) is 0 Å². The van der Waals surface area contributed by atoms with Crippen molar-refractivity contribution in [3.63, 3.8) is 0 Å². The highest BCUT2D eigenvalue weighted by molar-refractivity contribution is 5.07. The summed E-state index contributed by atoms with van der Waals surface area (Å²) in [5.41, 5.74) is -0.410. The van der Waals surface area contributed by atoms with E-state index < -0.39 is 5.54 Å². The van der Waals surface area contributed by atoms with Crippen LogP contribution in [0.5, 0.6) is 0 Å². The Morgan fingerprint density at radius 3 is 2.67 bits per heavy atom. The maximum Gasteiger partial charge on any atom is 0.116 e. The van der Waals surface area contributed by atoms with Gasteiger partial charge in [-0.05, 0) is 47.1 Å². The zero-order valence-corrected chi connectivity index (χ0v) is 10.4. The molecule has 86 valence electrons. The van der Waals surface area contributed by atoms with Crippen molar-refractivity contribution in [2.24, 2.45) is 0 Å². The minimum absolute atomic E-state index is 0.354. The third-order valence-electron chi connectivity index (χ3n) is 3.06. The quantitative estimate of drug-likeness (QED) is 0.766. The van der Waals surface area contributed by atoms with Gasteiger partial charge in [0.15, 0.2) is 0 Å². The van der Waals surface area contributed by atoms with E-state index in [9.17, 15) is 5.26 Å². The molecule has 0 aromatic rings. The number of nitrogens with zero attached hydrogens (tertiary/aromatic N) is 2. The van der Waals surface area contributed by atoms with Gasteiger partial charge in [-0.15, -0.1) is 0 Å². The van der Waals surface area contributed by atoms with Crippen LogP contribution in [0.2, 0.25) is 0 Å². The minimum Gasteiger partial charge on any atom is -0.298 e. The molecule has 1 aliphatic heterocycles. The van der Waals surface area contributed by atoms with Gasteiger partial charge in [0.2, 0.25) is 0 Å². The molecule has 0 amide bonds. The highest BCUT2D eigenvalue weighted by Gasteiger charge is 2.31. The molecule has 0 aromatic carbocycles. The standard InChI is InChI=1S/C12H23N3/c1-10(2)14-12(4,8-13)9-15-7-5-6-11(15)3/h10-11,14H,5-7,9H2,1-4H3. The predicted octanol–water partition coefficient (Wildman–Crippen LogP) is 1.75. The van der Waals surface area contributed by atoms with Gasteiger partial charge in [-0.1, -0.05) is 0 Å². The van der Waals surface area contributed by atoms with Crippen LogP contribution in [0.15, 0.2) is 0 Å². The van der Waals surface area contributed by atoms with Crippen molar-refractivity contribution < 1.29 is 0 Å². The Morgan fingerprint density at radius 2 is 2.27 bits per heavy atom. The Balaban J connectivity index is 2.56. The number of nitriles is 1. The fourth-order valence-corrected chi connectivity index (χ4v) is 2.38. The number of rotatable bonds is 4. The number of nitrogens with one attached hydrogen (secondary N) is 1. The predicted molar refractivity (Wildman–Crippen MR) is 62.6 cm³/mol. The summed E-state index contributed by atoms with van der Waals surface area (Å²) in [6.45, 7) is 10.4. The Kier molecular flexibility index (Phi) is 4.12. The first-order valence-electron chi connectivity index (χ1n) is 5.90. The molecule has 1 N–H and O–H groups in total. The van der Waals surface area contributed by atoms with E-state index in [2.05, 4.69) is 37.1 Å². The zero-order valence-electron chi connectivity index (χ0n) is 10.4. The van der Waals surface area contributed by atoms with Crippen molar-refractivity contribution >= 4 is 0 Å². The molecule has 3 heteroatoms. The maximum atomic E-state index is 9.24. The first kappa shape index (κ1) is 12.5. The van der Waals surface area contributed by atoms with Crippen molar-refractivity contribution in [2.75, 3.05) is 13.1 Å². The average Bonchev–Trinajstić information content (AvgIpc) is 2.50. The zero-order chi connectivity index (χ0) is 11.5. The van der Waals surface area contributed by atoms with E-state index in [1.807, 2.05) is 6.92 Å². The van der Waals surface area contributed by atoms with Gasteiger partial charge in [0.05, 0.1) is 6.07 Å². The van der Waals surface area contributed by atoms with Gasteiger partial charge >= 0.3 is 0 Å². The lowest BCUT2D eigenvalue weighted by Crippen LogP contribution is -2.53. The number of hydrogen-bond acceptors (Lipinski definition) is 3. The molecule has 0 aromatic heterocycles. The van der Waals surface area contributed by atoms with Gasteiger partial charge in [-0.25, -0.2) is 0 Å². The van der Waals surface area contributed by atoms with Gasteiger partial charge in [0, 0.05) is 18.6 Å². The molecule has 2 atom stereocenters. The second-order valence-electron chi connectivity index (χ2n) is 5.20. The SMILES string of the molecule is CC(C)NC(C)(C#N)CN1CCCC1C. The lowest BCUT2D eigenvalue weighted by molar-refractivity contribution is 0.208. The van der Waals surface area contributed by atoms with E-state index in [1.165, 1.54) is 12.8 Å². The van der Waals surface area contributed by atoms with Gasteiger partial charge in [-0.2, -0.15) is 5.26 Å². The summed E-state index contributed by atoms with van der Waals surface area (Å²) in [4.78, 5) is 2.42. The highest BCUT2D eigenvalue weighted by Crippen LogP contribution is 2.19. The van der Waals surface area contributed by atoms with Crippen molar-refractivity contribution in [2.45, 2.75) is 58.2 Å². The Labute approximate surface area is 93.5 Å². The molecule has 2 unspecified atom stereocenters. The topological polar surface area (TPSA) is 39.1 Å². The van der Waals surface area contributed by atoms with Crippen molar-refractivity contribution in [1.82, 2.24) is 10.2 Å². The summed E-state index contributed by atoms with van der Waals surface area (Å²) in [6.07, 6.45) is 2.54. The summed E-state index contributed by atoms with van der Waals surface area (Å²) in [5.74, 6) is 0. The summed E-state index contributed by atoms with van der Waals surface area (Å²) in [5, 5.41) is 12.6. The van der Waals surface area contributed by atoms with Crippen LogP contribution >= 0.6 is 0 Å². The molecule has 3 nitrogen and oxygen atoms in total. The van der Waals surface area contributed by atoms with Crippen LogP contribution in [0.1, 0.15) is 40.5 Å². The van der Waals surface area contributed by atoms with Gasteiger partial charge < -0.3 is 0 Å². The van der Waals surface area contributed by atoms with Crippen LogP contribution in [0.3, 0.4) is 0 Å². The van der Waals surface area contributed by atoms with Crippen molar-refractivity contribution in [1.29, 1.82) is 5.26 Å². The Morgan fingerprint density at radius 1 is 1.60 bits per heavy atom. The van der Waals surface area contributed by atoms with Crippen LogP contribution in [-0.4, -0.2) is 35.6 Å². The lowest BCUT2D eigenvalue weighted by atomic mass is 10.0. The molecule has 0 radical (unpaired) electrons. The van der Waals surface area contributed by atoms with E-state index in [0.29, 0.717) is 12.1 Å². The summed E-state index contributed by atoms with van der Waals surface area (Å²) >= 11 is 0. The average molecular weight is 209 g/mol.